The topological polar surface area (TPSA) is 49.9 Å². The fourth-order valence-corrected chi connectivity index (χ4v) is 4.08. The Morgan fingerprint density at radius 2 is 1.77 bits per heavy atom. The van der Waals surface area contributed by atoms with Crippen LogP contribution >= 0.6 is 0 Å². The van der Waals surface area contributed by atoms with Crippen LogP contribution in [-0.4, -0.2) is 41.9 Å². The Balaban J connectivity index is 1.84. The third kappa shape index (κ3) is 5.12. The second-order valence-electron chi connectivity index (χ2n) is 8.19. The summed E-state index contributed by atoms with van der Waals surface area (Å²) >= 11 is 0. The zero-order valence-corrected chi connectivity index (χ0v) is 19.1. The average Bonchev–Trinajstić information content (AvgIpc) is 2.81. The lowest BCUT2D eigenvalue weighted by Gasteiger charge is -2.26. The minimum absolute atomic E-state index is 0.310. The van der Waals surface area contributed by atoms with Gasteiger partial charge in [0.1, 0.15) is 0 Å². The summed E-state index contributed by atoms with van der Waals surface area (Å²) < 4.78 is 30.1. The molecule has 0 bridgehead atoms. The maximum atomic E-state index is 12.0. The third-order valence-corrected chi connectivity index (χ3v) is 6.33. The standard InChI is InChI=1S/C24H30N2O3S/c1-24(2)22-18-21(30(5,27)28)13-14-23(22)26(16-17-29-24)15-7-6-8-19-9-11-20(12-10-19)25(3)4/h6-15,18H,16-17H2,1-5H3/b8-6+,15-7-. The maximum Gasteiger partial charge on any atom is 0.175 e. The lowest BCUT2D eigenvalue weighted by atomic mass is 9.96. The summed E-state index contributed by atoms with van der Waals surface area (Å²) in [4.78, 5) is 4.49. The first-order valence-electron chi connectivity index (χ1n) is 9.95. The van der Waals surface area contributed by atoms with E-state index in [-0.39, 0.29) is 0 Å². The average molecular weight is 427 g/mol. The van der Waals surface area contributed by atoms with Crippen molar-refractivity contribution in [1.29, 1.82) is 0 Å². The molecule has 2 aromatic rings. The minimum atomic E-state index is -3.28. The highest BCUT2D eigenvalue weighted by Gasteiger charge is 2.30. The van der Waals surface area contributed by atoms with E-state index in [9.17, 15) is 8.42 Å². The summed E-state index contributed by atoms with van der Waals surface area (Å²) in [6, 6.07) is 13.6. The molecule has 0 spiro atoms. The second kappa shape index (κ2) is 8.66. The molecular weight excluding hydrogens is 396 g/mol. The molecule has 0 N–H and O–H groups in total. The Bertz CT molecular complexity index is 1050. The van der Waals surface area contributed by atoms with E-state index in [1.165, 1.54) is 11.9 Å². The molecule has 0 unspecified atom stereocenters. The van der Waals surface area contributed by atoms with E-state index in [4.69, 9.17) is 4.74 Å². The van der Waals surface area contributed by atoms with Crippen LogP contribution in [0.2, 0.25) is 0 Å². The van der Waals surface area contributed by atoms with Crippen LogP contribution in [0.15, 0.2) is 65.7 Å². The van der Waals surface area contributed by atoms with E-state index in [1.807, 2.05) is 52.4 Å². The van der Waals surface area contributed by atoms with Gasteiger partial charge in [-0.05, 0) is 55.8 Å². The van der Waals surface area contributed by atoms with Gasteiger partial charge in [0.2, 0.25) is 0 Å². The molecule has 2 aromatic carbocycles. The number of anilines is 2. The van der Waals surface area contributed by atoms with Crippen molar-refractivity contribution in [3.63, 3.8) is 0 Å². The Kier molecular flexibility index (Phi) is 6.38. The van der Waals surface area contributed by atoms with Gasteiger partial charge in [0.25, 0.3) is 0 Å². The molecule has 0 radical (unpaired) electrons. The maximum absolute atomic E-state index is 12.0. The van der Waals surface area contributed by atoms with Crippen molar-refractivity contribution in [2.24, 2.45) is 0 Å². The van der Waals surface area contributed by atoms with Crippen LogP contribution < -0.4 is 9.80 Å². The molecule has 1 aliphatic heterocycles. The Morgan fingerprint density at radius 3 is 2.40 bits per heavy atom. The summed E-state index contributed by atoms with van der Waals surface area (Å²) in [5, 5.41) is 0. The van der Waals surface area contributed by atoms with Crippen LogP contribution in [0.4, 0.5) is 11.4 Å². The van der Waals surface area contributed by atoms with E-state index in [1.54, 1.807) is 12.1 Å². The Hall–Kier alpha value is -2.57. The predicted octanol–water partition coefficient (Wildman–Crippen LogP) is 4.45. The Labute approximate surface area is 180 Å². The highest BCUT2D eigenvalue weighted by molar-refractivity contribution is 7.90. The van der Waals surface area contributed by atoms with Crippen LogP contribution in [0.1, 0.15) is 25.0 Å². The quantitative estimate of drug-likeness (QED) is 0.661. The van der Waals surface area contributed by atoms with Crippen LogP contribution in [0.25, 0.3) is 6.08 Å². The molecule has 0 saturated carbocycles. The van der Waals surface area contributed by atoms with Crippen molar-refractivity contribution < 1.29 is 13.2 Å². The van der Waals surface area contributed by atoms with Gasteiger partial charge in [0.15, 0.2) is 9.84 Å². The number of nitrogens with zero attached hydrogens (tertiary/aromatic N) is 2. The molecule has 0 aliphatic carbocycles. The van der Waals surface area contributed by atoms with Gasteiger partial charge in [-0.15, -0.1) is 0 Å². The van der Waals surface area contributed by atoms with Crippen LogP contribution in [-0.2, 0) is 20.2 Å². The van der Waals surface area contributed by atoms with Crippen molar-refractivity contribution >= 4 is 27.3 Å². The van der Waals surface area contributed by atoms with E-state index in [0.29, 0.717) is 18.0 Å². The molecule has 5 nitrogen and oxygen atoms in total. The highest BCUT2D eigenvalue weighted by Crippen LogP contribution is 2.37. The number of fused-ring (bicyclic) bond motifs is 1. The zero-order chi connectivity index (χ0) is 21.9. The van der Waals surface area contributed by atoms with Crippen molar-refractivity contribution in [2.45, 2.75) is 24.3 Å². The first kappa shape index (κ1) is 22.1. The molecular formula is C24H30N2O3S. The minimum Gasteiger partial charge on any atom is -0.378 e. The summed E-state index contributed by atoms with van der Waals surface area (Å²) in [6.45, 7) is 5.19. The SMILES string of the molecule is CN(C)c1ccc(/C=C/C=C\N2CCOC(C)(C)c3cc(S(C)(=O)=O)ccc32)cc1. The van der Waals surface area contributed by atoms with Crippen molar-refractivity contribution in [1.82, 2.24) is 0 Å². The fraction of sp³-hybridized carbons (Fsp3) is 0.333. The summed E-state index contributed by atoms with van der Waals surface area (Å²) in [7, 11) is 0.766. The molecule has 30 heavy (non-hydrogen) atoms. The number of benzene rings is 2. The lowest BCUT2D eigenvalue weighted by molar-refractivity contribution is -0.0129. The fourth-order valence-electron chi connectivity index (χ4n) is 3.43. The van der Waals surface area contributed by atoms with E-state index < -0.39 is 15.4 Å². The highest BCUT2D eigenvalue weighted by atomic mass is 32.2. The molecule has 0 aromatic heterocycles. The van der Waals surface area contributed by atoms with Crippen molar-refractivity contribution in [3.8, 4) is 0 Å². The summed E-state index contributed by atoms with van der Waals surface area (Å²) in [6.07, 6.45) is 9.29. The largest absolute Gasteiger partial charge is 0.378 e. The molecule has 0 atom stereocenters. The molecule has 0 amide bonds. The van der Waals surface area contributed by atoms with Crippen LogP contribution in [0.3, 0.4) is 0 Å². The van der Waals surface area contributed by atoms with Gasteiger partial charge in [-0.2, -0.15) is 0 Å². The lowest BCUT2D eigenvalue weighted by Crippen LogP contribution is -2.21. The van der Waals surface area contributed by atoms with Gasteiger partial charge in [0, 0.05) is 50.0 Å². The number of sulfone groups is 1. The van der Waals surface area contributed by atoms with Gasteiger partial charge in [-0.1, -0.05) is 24.3 Å². The first-order valence-corrected chi connectivity index (χ1v) is 11.8. The molecule has 1 heterocycles. The van der Waals surface area contributed by atoms with E-state index in [2.05, 4.69) is 40.1 Å². The second-order valence-corrected chi connectivity index (χ2v) is 10.2. The molecule has 6 heteroatoms. The summed E-state index contributed by atoms with van der Waals surface area (Å²) in [5.41, 5.74) is 3.56. The number of hydrogen-bond acceptors (Lipinski definition) is 5. The molecule has 0 saturated heterocycles. The van der Waals surface area contributed by atoms with Crippen LogP contribution in [0.5, 0.6) is 0 Å². The smallest absolute Gasteiger partial charge is 0.175 e. The predicted molar refractivity (Wildman–Crippen MR) is 125 cm³/mol. The zero-order valence-electron chi connectivity index (χ0n) is 18.3. The number of hydrogen-bond donors (Lipinski definition) is 0. The van der Waals surface area contributed by atoms with Gasteiger partial charge in [0.05, 0.1) is 17.1 Å². The van der Waals surface area contributed by atoms with Crippen LogP contribution in [0, 0.1) is 0 Å². The number of allylic oxidation sites excluding steroid dienone is 2. The molecule has 0 fully saturated rings. The summed E-state index contributed by atoms with van der Waals surface area (Å²) in [5.74, 6) is 0. The van der Waals surface area contributed by atoms with Gasteiger partial charge < -0.3 is 14.5 Å². The van der Waals surface area contributed by atoms with Gasteiger partial charge >= 0.3 is 0 Å². The van der Waals surface area contributed by atoms with E-state index in [0.717, 1.165) is 16.8 Å². The normalized spacial score (nSPS) is 16.6. The molecule has 3 rings (SSSR count). The van der Waals surface area contributed by atoms with Gasteiger partial charge in [-0.25, -0.2) is 8.42 Å². The van der Waals surface area contributed by atoms with Crippen molar-refractivity contribution in [3.05, 3.63) is 71.9 Å². The number of ether oxygens (including phenoxy) is 1. The molecule has 1 aliphatic rings. The first-order chi connectivity index (χ1) is 14.1. The van der Waals surface area contributed by atoms with Crippen molar-refractivity contribution in [2.75, 3.05) is 43.3 Å². The molecule has 160 valence electrons. The monoisotopic (exact) mass is 426 g/mol. The third-order valence-electron chi connectivity index (χ3n) is 5.22. The van der Waals surface area contributed by atoms with Gasteiger partial charge in [-0.3, -0.25) is 0 Å². The van der Waals surface area contributed by atoms with E-state index >= 15 is 0 Å². The number of rotatable bonds is 5. The Morgan fingerprint density at radius 1 is 1.07 bits per heavy atom.